The predicted molar refractivity (Wildman–Crippen MR) is 67.5 cm³/mol. The Labute approximate surface area is 96.4 Å². The zero-order valence-electron chi connectivity index (χ0n) is 10.1. The van der Waals surface area contributed by atoms with Gasteiger partial charge in [0.05, 0.1) is 17.9 Å². The molecule has 3 N–H and O–H groups in total. The minimum absolute atomic E-state index is 0.00461. The van der Waals surface area contributed by atoms with E-state index in [9.17, 15) is 4.79 Å². The largest absolute Gasteiger partial charge is 0.397 e. The Morgan fingerprint density at radius 2 is 2.19 bits per heavy atom. The Morgan fingerprint density at radius 1 is 1.50 bits per heavy atom. The van der Waals surface area contributed by atoms with Crippen LogP contribution in [0, 0.1) is 6.92 Å². The Morgan fingerprint density at radius 3 is 2.75 bits per heavy atom. The van der Waals surface area contributed by atoms with Gasteiger partial charge in [0.1, 0.15) is 0 Å². The van der Waals surface area contributed by atoms with Crippen molar-refractivity contribution in [2.24, 2.45) is 0 Å². The Balaban J connectivity index is 2.72. The number of nitrogen functional groups attached to an aromatic ring is 1. The van der Waals surface area contributed by atoms with Gasteiger partial charge in [-0.2, -0.15) is 0 Å². The van der Waals surface area contributed by atoms with Crippen LogP contribution in [-0.2, 0) is 4.79 Å². The van der Waals surface area contributed by atoms with E-state index in [1.165, 1.54) is 0 Å². The smallest absolute Gasteiger partial charge is 0.239 e. The highest BCUT2D eigenvalue weighted by molar-refractivity contribution is 5.82. The van der Waals surface area contributed by atoms with Crippen LogP contribution in [0.25, 0.3) is 0 Å². The van der Waals surface area contributed by atoms with E-state index in [0.29, 0.717) is 18.8 Å². The second kappa shape index (κ2) is 5.39. The van der Waals surface area contributed by atoms with E-state index in [1.54, 1.807) is 0 Å². The van der Waals surface area contributed by atoms with Crippen molar-refractivity contribution in [1.29, 1.82) is 0 Å². The van der Waals surface area contributed by atoms with Crippen molar-refractivity contribution in [1.82, 2.24) is 5.32 Å². The van der Waals surface area contributed by atoms with E-state index in [2.05, 4.69) is 5.32 Å². The molecule has 4 heteroatoms. The van der Waals surface area contributed by atoms with Crippen molar-refractivity contribution in [2.45, 2.75) is 13.8 Å². The van der Waals surface area contributed by atoms with Crippen molar-refractivity contribution in [2.75, 3.05) is 30.8 Å². The van der Waals surface area contributed by atoms with E-state index in [1.807, 2.05) is 44.0 Å². The number of nitrogens with zero attached hydrogens (tertiary/aromatic N) is 1. The van der Waals surface area contributed by atoms with Crippen LogP contribution in [0.4, 0.5) is 11.4 Å². The first-order valence-electron chi connectivity index (χ1n) is 5.38. The van der Waals surface area contributed by atoms with Gasteiger partial charge in [-0.1, -0.05) is 6.07 Å². The number of carbonyl (C=O) groups excluding carboxylic acids is 1. The molecule has 1 rings (SSSR count). The van der Waals surface area contributed by atoms with Crippen LogP contribution in [0.15, 0.2) is 18.2 Å². The molecule has 0 aliphatic rings. The maximum absolute atomic E-state index is 11.4. The number of likely N-dealkylation sites (N-methyl/N-ethyl adjacent to an activating group) is 2. The molecule has 16 heavy (non-hydrogen) atoms. The molecule has 1 aromatic rings. The van der Waals surface area contributed by atoms with Crippen molar-refractivity contribution < 1.29 is 4.79 Å². The van der Waals surface area contributed by atoms with Crippen molar-refractivity contribution >= 4 is 17.3 Å². The summed E-state index contributed by atoms with van der Waals surface area (Å²) < 4.78 is 0. The topological polar surface area (TPSA) is 58.4 Å². The average Bonchev–Trinajstić information content (AvgIpc) is 2.17. The first kappa shape index (κ1) is 12.4. The van der Waals surface area contributed by atoms with Crippen molar-refractivity contribution in [3.8, 4) is 0 Å². The third-order valence-corrected chi connectivity index (χ3v) is 2.35. The Hall–Kier alpha value is -1.71. The van der Waals surface area contributed by atoms with Gasteiger partial charge >= 0.3 is 0 Å². The molecule has 0 radical (unpaired) electrons. The molecule has 0 atom stereocenters. The molecule has 0 unspecified atom stereocenters. The van der Waals surface area contributed by atoms with Crippen LogP contribution in [0.1, 0.15) is 12.5 Å². The van der Waals surface area contributed by atoms with Crippen LogP contribution in [0.2, 0.25) is 0 Å². The van der Waals surface area contributed by atoms with Crippen LogP contribution in [0.3, 0.4) is 0 Å². The number of hydrogen-bond acceptors (Lipinski definition) is 3. The van der Waals surface area contributed by atoms with Crippen LogP contribution >= 0.6 is 0 Å². The molecule has 0 aliphatic heterocycles. The molecule has 0 spiro atoms. The number of nitrogens with one attached hydrogen (secondary N) is 1. The molecule has 0 bridgehead atoms. The average molecular weight is 221 g/mol. The van der Waals surface area contributed by atoms with Gasteiger partial charge in [-0.25, -0.2) is 0 Å². The molecule has 0 aliphatic carbocycles. The summed E-state index contributed by atoms with van der Waals surface area (Å²) in [7, 11) is 1.86. The van der Waals surface area contributed by atoms with Gasteiger partial charge in [-0.05, 0) is 31.5 Å². The standard InChI is InChI=1S/C12H19N3O/c1-4-14-12(16)8-15(3)11-6-5-9(2)7-10(11)13/h5-7H,4,8,13H2,1-3H3,(H,14,16). The van der Waals surface area contributed by atoms with Gasteiger partial charge in [0.2, 0.25) is 5.91 Å². The minimum atomic E-state index is 0.00461. The molecule has 1 amide bonds. The molecule has 1 aromatic carbocycles. The summed E-state index contributed by atoms with van der Waals surface area (Å²) in [6.45, 7) is 4.86. The van der Waals surface area contributed by atoms with Gasteiger partial charge in [-0.15, -0.1) is 0 Å². The fourth-order valence-corrected chi connectivity index (χ4v) is 1.58. The summed E-state index contributed by atoms with van der Waals surface area (Å²) in [4.78, 5) is 13.3. The van der Waals surface area contributed by atoms with Gasteiger partial charge in [0, 0.05) is 13.6 Å². The first-order chi connectivity index (χ1) is 7.54. The maximum atomic E-state index is 11.4. The number of carbonyl (C=O) groups is 1. The number of amides is 1. The van der Waals surface area contributed by atoms with Crippen molar-refractivity contribution in [3.05, 3.63) is 23.8 Å². The SMILES string of the molecule is CCNC(=O)CN(C)c1ccc(C)cc1N. The Bertz CT molecular complexity index is 377. The number of anilines is 2. The van der Waals surface area contributed by atoms with Gasteiger partial charge in [-0.3, -0.25) is 4.79 Å². The molecule has 0 saturated heterocycles. The molecular formula is C12H19N3O. The highest BCUT2D eigenvalue weighted by Gasteiger charge is 2.08. The van der Waals surface area contributed by atoms with E-state index in [-0.39, 0.29) is 5.91 Å². The fourth-order valence-electron chi connectivity index (χ4n) is 1.58. The summed E-state index contributed by atoms with van der Waals surface area (Å²) in [5, 5.41) is 2.76. The third kappa shape index (κ3) is 3.15. The van der Waals surface area contributed by atoms with E-state index >= 15 is 0 Å². The molecule has 88 valence electrons. The number of benzene rings is 1. The summed E-state index contributed by atoms with van der Waals surface area (Å²) in [6, 6.07) is 5.83. The lowest BCUT2D eigenvalue weighted by atomic mass is 10.2. The molecular weight excluding hydrogens is 202 g/mol. The highest BCUT2D eigenvalue weighted by atomic mass is 16.1. The molecule has 0 saturated carbocycles. The minimum Gasteiger partial charge on any atom is -0.397 e. The van der Waals surface area contributed by atoms with Gasteiger partial charge in [0.25, 0.3) is 0 Å². The number of aryl methyl sites for hydroxylation is 1. The fraction of sp³-hybridized carbons (Fsp3) is 0.417. The monoisotopic (exact) mass is 221 g/mol. The van der Waals surface area contributed by atoms with Gasteiger partial charge < -0.3 is 16.0 Å². The molecule has 4 nitrogen and oxygen atoms in total. The summed E-state index contributed by atoms with van der Waals surface area (Å²) in [6.07, 6.45) is 0. The second-order valence-electron chi connectivity index (χ2n) is 3.87. The summed E-state index contributed by atoms with van der Waals surface area (Å²) in [5.41, 5.74) is 8.60. The quantitative estimate of drug-likeness (QED) is 0.750. The number of nitrogens with two attached hydrogens (primary N) is 1. The number of rotatable bonds is 4. The lowest BCUT2D eigenvalue weighted by Crippen LogP contribution is -2.35. The summed E-state index contributed by atoms with van der Waals surface area (Å²) in [5.74, 6) is 0.00461. The highest BCUT2D eigenvalue weighted by Crippen LogP contribution is 2.22. The molecule has 0 heterocycles. The van der Waals surface area contributed by atoms with Crippen LogP contribution < -0.4 is 16.0 Å². The Kier molecular flexibility index (Phi) is 4.17. The second-order valence-corrected chi connectivity index (χ2v) is 3.87. The third-order valence-electron chi connectivity index (χ3n) is 2.35. The zero-order chi connectivity index (χ0) is 12.1. The maximum Gasteiger partial charge on any atom is 0.239 e. The first-order valence-corrected chi connectivity index (χ1v) is 5.38. The van der Waals surface area contributed by atoms with Crippen LogP contribution in [0.5, 0.6) is 0 Å². The van der Waals surface area contributed by atoms with E-state index in [4.69, 9.17) is 5.73 Å². The normalized spacial score (nSPS) is 9.94. The lowest BCUT2D eigenvalue weighted by Gasteiger charge is -2.20. The number of hydrogen-bond donors (Lipinski definition) is 2. The van der Waals surface area contributed by atoms with E-state index < -0.39 is 0 Å². The van der Waals surface area contributed by atoms with Crippen molar-refractivity contribution in [3.63, 3.8) is 0 Å². The molecule has 0 fully saturated rings. The van der Waals surface area contributed by atoms with E-state index in [0.717, 1.165) is 11.3 Å². The predicted octanol–water partition coefficient (Wildman–Crippen LogP) is 1.15. The lowest BCUT2D eigenvalue weighted by molar-refractivity contribution is -0.119. The van der Waals surface area contributed by atoms with Crippen LogP contribution in [-0.4, -0.2) is 26.0 Å². The zero-order valence-corrected chi connectivity index (χ0v) is 10.1. The molecule has 0 aromatic heterocycles. The van der Waals surface area contributed by atoms with Gasteiger partial charge in [0.15, 0.2) is 0 Å². The summed E-state index contributed by atoms with van der Waals surface area (Å²) >= 11 is 0.